The predicted octanol–water partition coefficient (Wildman–Crippen LogP) is 2.08. The van der Waals surface area contributed by atoms with E-state index in [-0.39, 0.29) is 11.5 Å². The molecule has 0 amide bonds. The SMILES string of the molecule is O=C1CSc2nc3sc4c(c3c(=O)n21)CCCC4. The minimum absolute atomic E-state index is 0.134. The fourth-order valence-corrected chi connectivity index (χ4v) is 4.85. The van der Waals surface area contributed by atoms with Gasteiger partial charge in [-0.15, -0.1) is 11.3 Å². The van der Waals surface area contributed by atoms with Crippen LogP contribution in [0, 0.1) is 0 Å². The number of hydrogen-bond donors (Lipinski definition) is 0. The molecule has 0 saturated heterocycles. The smallest absolute Gasteiger partial charge is 0.270 e. The van der Waals surface area contributed by atoms with Crippen LogP contribution in [-0.4, -0.2) is 21.2 Å². The lowest BCUT2D eigenvalue weighted by Crippen LogP contribution is -2.26. The first-order valence-electron chi connectivity index (χ1n) is 5.99. The number of aryl methyl sites for hydroxylation is 2. The molecule has 6 heteroatoms. The summed E-state index contributed by atoms with van der Waals surface area (Å²) < 4.78 is 1.26. The largest absolute Gasteiger partial charge is 0.273 e. The van der Waals surface area contributed by atoms with Crippen molar-refractivity contribution in [2.24, 2.45) is 0 Å². The van der Waals surface area contributed by atoms with Gasteiger partial charge in [0.1, 0.15) is 4.83 Å². The third kappa shape index (κ3) is 1.30. The Hall–Kier alpha value is -1.14. The van der Waals surface area contributed by atoms with Gasteiger partial charge < -0.3 is 0 Å². The van der Waals surface area contributed by atoms with Gasteiger partial charge >= 0.3 is 0 Å². The summed E-state index contributed by atoms with van der Waals surface area (Å²) in [5.41, 5.74) is 1.00. The molecule has 4 nitrogen and oxygen atoms in total. The van der Waals surface area contributed by atoms with E-state index in [9.17, 15) is 9.59 Å². The van der Waals surface area contributed by atoms with E-state index >= 15 is 0 Å². The van der Waals surface area contributed by atoms with Crippen LogP contribution in [-0.2, 0) is 12.8 Å². The average Bonchev–Trinajstić information content (AvgIpc) is 2.91. The topological polar surface area (TPSA) is 52.0 Å². The molecule has 0 N–H and O–H groups in total. The van der Waals surface area contributed by atoms with Gasteiger partial charge in [0.15, 0.2) is 5.16 Å². The Morgan fingerprint density at radius 3 is 2.89 bits per heavy atom. The van der Waals surface area contributed by atoms with Crippen LogP contribution in [0.5, 0.6) is 0 Å². The van der Waals surface area contributed by atoms with E-state index in [1.54, 1.807) is 11.3 Å². The van der Waals surface area contributed by atoms with Crippen molar-refractivity contribution < 1.29 is 4.79 Å². The maximum absolute atomic E-state index is 12.5. The van der Waals surface area contributed by atoms with Gasteiger partial charge in [-0.25, -0.2) is 9.55 Å². The highest BCUT2D eigenvalue weighted by Gasteiger charge is 2.27. The van der Waals surface area contributed by atoms with E-state index in [0.29, 0.717) is 16.3 Å². The lowest BCUT2D eigenvalue weighted by Gasteiger charge is -2.09. The molecular weight excluding hydrogens is 268 g/mol. The molecule has 0 saturated carbocycles. The van der Waals surface area contributed by atoms with Crippen LogP contribution >= 0.6 is 23.1 Å². The van der Waals surface area contributed by atoms with Crippen LogP contribution in [0.15, 0.2) is 9.95 Å². The summed E-state index contributed by atoms with van der Waals surface area (Å²) in [5, 5.41) is 1.27. The molecule has 0 unspecified atom stereocenters. The Morgan fingerprint density at radius 2 is 2.00 bits per heavy atom. The Labute approximate surface area is 111 Å². The van der Waals surface area contributed by atoms with Crippen molar-refractivity contribution in [1.82, 2.24) is 9.55 Å². The van der Waals surface area contributed by atoms with E-state index in [1.165, 1.54) is 27.6 Å². The molecule has 0 aromatic carbocycles. The first-order chi connectivity index (χ1) is 8.75. The monoisotopic (exact) mass is 278 g/mol. The van der Waals surface area contributed by atoms with Gasteiger partial charge in [0.25, 0.3) is 5.56 Å². The summed E-state index contributed by atoms with van der Waals surface area (Å²) in [4.78, 5) is 30.8. The van der Waals surface area contributed by atoms with Gasteiger partial charge in [-0.2, -0.15) is 0 Å². The zero-order chi connectivity index (χ0) is 12.3. The molecular formula is C12H10N2O2S2. The zero-order valence-electron chi connectivity index (χ0n) is 9.56. The summed E-state index contributed by atoms with van der Waals surface area (Å²) in [7, 11) is 0. The van der Waals surface area contributed by atoms with E-state index in [1.807, 2.05) is 0 Å². The fourth-order valence-electron chi connectivity index (χ4n) is 2.69. The summed E-state index contributed by atoms with van der Waals surface area (Å²) >= 11 is 2.99. The number of rotatable bonds is 0. The maximum atomic E-state index is 12.5. The fraction of sp³-hybridized carbons (Fsp3) is 0.417. The van der Waals surface area contributed by atoms with E-state index < -0.39 is 0 Å². The number of carbonyl (C=O) groups is 1. The second-order valence-corrected chi connectivity index (χ2v) is 6.63. The van der Waals surface area contributed by atoms with Crippen LogP contribution in [0.2, 0.25) is 0 Å². The second-order valence-electron chi connectivity index (χ2n) is 4.61. The van der Waals surface area contributed by atoms with Crippen molar-refractivity contribution in [2.75, 3.05) is 5.75 Å². The number of nitrogens with zero attached hydrogens (tertiary/aromatic N) is 2. The molecule has 2 aromatic rings. The Morgan fingerprint density at radius 1 is 1.17 bits per heavy atom. The van der Waals surface area contributed by atoms with Gasteiger partial charge in [0.2, 0.25) is 5.91 Å². The van der Waals surface area contributed by atoms with Gasteiger partial charge in [0.05, 0.1) is 11.1 Å². The molecule has 2 aliphatic rings. The molecule has 1 aliphatic heterocycles. The Kier molecular flexibility index (Phi) is 2.20. The van der Waals surface area contributed by atoms with Crippen molar-refractivity contribution >= 4 is 39.2 Å². The highest BCUT2D eigenvalue weighted by Crippen LogP contribution is 2.35. The molecule has 92 valence electrons. The predicted molar refractivity (Wildman–Crippen MR) is 71.9 cm³/mol. The molecule has 4 rings (SSSR count). The first-order valence-corrected chi connectivity index (χ1v) is 7.79. The second kappa shape index (κ2) is 3.68. The van der Waals surface area contributed by atoms with E-state index in [4.69, 9.17) is 0 Å². The molecule has 1 aliphatic carbocycles. The van der Waals surface area contributed by atoms with Crippen LogP contribution in [0.25, 0.3) is 10.2 Å². The summed E-state index contributed by atoms with van der Waals surface area (Å²) in [6, 6.07) is 0. The number of thiophene rings is 1. The van der Waals surface area contributed by atoms with Crippen molar-refractivity contribution in [3.8, 4) is 0 Å². The zero-order valence-corrected chi connectivity index (χ0v) is 11.2. The van der Waals surface area contributed by atoms with Crippen LogP contribution < -0.4 is 5.56 Å². The standard InChI is InChI=1S/C12H10N2O2S2/c15-8-5-17-12-13-10-9(11(16)14(8)12)6-3-1-2-4-7(6)18-10/h1-5H2. The van der Waals surface area contributed by atoms with Crippen molar-refractivity contribution in [3.63, 3.8) is 0 Å². The van der Waals surface area contributed by atoms with Gasteiger partial charge in [0, 0.05) is 4.88 Å². The van der Waals surface area contributed by atoms with Gasteiger partial charge in [-0.1, -0.05) is 11.8 Å². The number of fused-ring (bicyclic) bond motifs is 4. The molecule has 0 bridgehead atoms. The van der Waals surface area contributed by atoms with E-state index in [0.717, 1.165) is 29.7 Å². The molecule has 0 fully saturated rings. The van der Waals surface area contributed by atoms with Crippen molar-refractivity contribution in [1.29, 1.82) is 0 Å². The first kappa shape index (κ1) is 10.8. The highest BCUT2D eigenvalue weighted by atomic mass is 32.2. The number of aromatic nitrogens is 2. The normalized spacial score (nSPS) is 18.1. The average molecular weight is 278 g/mol. The highest BCUT2D eigenvalue weighted by molar-refractivity contribution is 8.00. The molecule has 3 heterocycles. The van der Waals surface area contributed by atoms with Crippen molar-refractivity contribution in [2.45, 2.75) is 30.8 Å². The number of hydrogen-bond acceptors (Lipinski definition) is 5. The molecule has 18 heavy (non-hydrogen) atoms. The van der Waals surface area contributed by atoms with Gasteiger partial charge in [-0.05, 0) is 31.2 Å². The van der Waals surface area contributed by atoms with E-state index in [2.05, 4.69) is 4.98 Å². The van der Waals surface area contributed by atoms with Crippen LogP contribution in [0.1, 0.15) is 28.1 Å². The Balaban J connectivity index is 2.14. The number of carbonyl (C=O) groups excluding carboxylic acids is 1. The molecule has 2 aromatic heterocycles. The summed E-state index contributed by atoms with van der Waals surface area (Å²) in [6.45, 7) is 0. The third-order valence-corrected chi connectivity index (χ3v) is 5.64. The summed E-state index contributed by atoms with van der Waals surface area (Å²) in [6.07, 6.45) is 4.32. The quantitative estimate of drug-likeness (QED) is 0.692. The molecule has 0 spiro atoms. The third-order valence-electron chi connectivity index (χ3n) is 3.53. The lowest BCUT2D eigenvalue weighted by molar-refractivity contribution is 0.0934. The van der Waals surface area contributed by atoms with Crippen LogP contribution in [0.3, 0.4) is 0 Å². The minimum atomic E-state index is -0.149. The van der Waals surface area contributed by atoms with Crippen molar-refractivity contribution in [3.05, 3.63) is 20.8 Å². The minimum Gasteiger partial charge on any atom is -0.273 e. The van der Waals surface area contributed by atoms with Crippen LogP contribution in [0.4, 0.5) is 0 Å². The lowest BCUT2D eigenvalue weighted by atomic mass is 9.97. The summed E-state index contributed by atoms with van der Waals surface area (Å²) in [5.74, 6) is 0.201. The Bertz CT molecular complexity index is 745. The number of thioether (sulfide) groups is 1. The molecule has 0 radical (unpaired) electrons. The van der Waals surface area contributed by atoms with Gasteiger partial charge in [-0.3, -0.25) is 9.59 Å². The molecule has 0 atom stereocenters. The maximum Gasteiger partial charge on any atom is 0.270 e.